The second-order valence-corrected chi connectivity index (χ2v) is 4.84. The molecule has 0 radical (unpaired) electrons. The van der Waals surface area contributed by atoms with Gasteiger partial charge in [-0.2, -0.15) is 0 Å². The number of aromatic nitrogens is 3. The number of hydrogen-bond donors (Lipinski definition) is 2. The average Bonchev–Trinajstić information content (AvgIpc) is 2.78. The summed E-state index contributed by atoms with van der Waals surface area (Å²) >= 11 is 1.35. The summed E-state index contributed by atoms with van der Waals surface area (Å²) in [5.74, 6) is 0.172. The fraction of sp³-hybridized carbons (Fsp3) is 0. The summed E-state index contributed by atoms with van der Waals surface area (Å²) < 4.78 is 0.879. The third-order valence-electron chi connectivity index (χ3n) is 2.47. The summed E-state index contributed by atoms with van der Waals surface area (Å²) in [6.45, 7) is 0. The van der Waals surface area contributed by atoms with E-state index in [1.165, 1.54) is 23.7 Å². The van der Waals surface area contributed by atoms with Crippen molar-refractivity contribution in [3.8, 4) is 0 Å². The molecule has 2 heterocycles. The van der Waals surface area contributed by atoms with Crippen molar-refractivity contribution in [1.29, 1.82) is 0 Å². The van der Waals surface area contributed by atoms with E-state index in [9.17, 15) is 4.79 Å². The van der Waals surface area contributed by atoms with Crippen molar-refractivity contribution in [3.63, 3.8) is 0 Å². The summed E-state index contributed by atoms with van der Waals surface area (Å²) in [6, 6.07) is 5.23. The number of amides is 1. The Hall–Kier alpha value is -2.54. The second-order valence-electron chi connectivity index (χ2n) is 3.78. The highest BCUT2D eigenvalue weighted by atomic mass is 32.1. The van der Waals surface area contributed by atoms with Gasteiger partial charge >= 0.3 is 0 Å². The molecule has 1 aromatic carbocycles. The fourth-order valence-electron chi connectivity index (χ4n) is 1.64. The van der Waals surface area contributed by atoms with E-state index in [1.54, 1.807) is 24.4 Å². The van der Waals surface area contributed by atoms with Gasteiger partial charge in [0, 0.05) is 18.0 Å². The molecule has 0 aliphatic heterocycles. The minimum atomic E-state index is -0.241. The van der Waals surface area contributed by atoms with Gasteiger partial charge in [0.1, 0.15) is 0 Å². The molecule has 0 aliphatic carbocycles. The van der Waals surface area contributed by atoms with E-state index in [4.69, 9.17) is 5.73 Å². The first-order chi connectivity index (χ1) is 9.22. The Bertz CT molecular complexity index is 740. The topological polar surface area (TPSA) is 93.8 Å². The van der Waals surface area contributed by atoms with Crippen molar-refractivity contribution >= 4 is 38.4 Å². The minimum Gasteiger partial charge on any atom is -0.375 e. The van der Waals surface area contributed by atoms with Crippen LogP contribution >= 0.6 is 11.3 Å². The van der Waals surface area contributed by atoms with Gasteiger partial charge in [-0.05, 0) is 18.2 Å². The maximum Gasteiger partial charge on any atom is 0.256 e. The minimum absolute atomic E-state index is 0.241. The Kier molecular flexibility index (Phi) is 2.81. The smallest absolute Gasteiger partial charge is 0.256 e. The molecule has 0 unspecified atom stereocenters. The van der Waals surface area contributed by atoms with Gasteiger partial charge in [0.05, 0.1) is 16.4 Å². The van der Waals surface area contributed by atoms with Gasteiger partial charge in [-0.1, -0.05) is 11.3 Å². The van der Waals surface area contributed by atoms with Crippen LogP contribution in [-0.4, -0.2) is 20.9 Å². The number of nitrogens with zero attached hydrogens (tertiary/aromatic N) is 3. The van der Waals surface area contributed by atoms with Crippen LogP contribution in [0.1, 0.15) is 10.4 Å². The Labute approximate surface area is 112 Å². The molecule has 94 valence electrons. The molecule has 3 rings (SSSR count). The monoisotopic (exact) mass is 271 g/mol. The van der Waals surface area contributed by atoms with E-state index in [1.807, 2.05) is 0 Å². The molecule has 0 spiro atoms. The number of thiazole rings is 1. The lowest BCUT2D eigenvalue weighted by atomic mass is 10.2. The Morgan fingerprint density at radius 1 is 1.32 bits per heavy atom. The van der Waals surface area contributed by atoms with E-state index in [2.05, 4.69) is 20.3 Å². The third-order valence-corrected chi connectivity index (χ3v) is 3.32. The second kappa shape index (κ2) is 4.62. The molecule has 0 bridgehead atoms. The molecule has 0 atom stereocenters. The van der Waals surface area contributed by atoms with Crippen LogP contribution in [0.5, 0.6) is 0 Å². The van der Waals surface area contributed by atoms with Crippen LogP contribution in [0, 0.1) is 0 Å². The first-order valence-electron chi connectivity index (χ1n) is 5.46. The van der Waals surface area contributed by atoms with Gasteiger partial charge in [0.15, 0.2) is 10.9 Å². The Morgan fingerprint density at radius 2 is 2.21 bits per heavy atom. The molecular weight excluding hydrogens is 262 g/mol. The van der Waals surface area contributed by atoms with Crippen LogP contribution in [0.15, 0.2) is 36.8 Å². The van der Waals surface area contributed by atoms with Crippen LogP contribution in [0.2, 0.25) is 0 Å². The summed E-state index contributed by atoms with van der Waals surface area (Å²) in [7, 11) is 0. The molecule has 19 heavy (non-hydrogen) atoms. The lowest BCUT2D eigenvalue weighted by Gasteiger charge is -2.03. The van der Waals surface area contributed by atoms with Crippen LogP contribution in [0.25, 0.3) is 10.2 Å². The molecule has 3 N–H and O–H groups in total. The van der Waals surface area contributed by atoms with Crippen LogP contribution < -0.4 is 11.1 Å². The van der Waals surface area contributed by atoms with Gasteiger partial charge in [-0.3, -0.25) is 9.78 Å². The average molecular weight is 271 g/mol. The molecular formula is C12H9N5OS. The lowest BCUT2D eigenvalue weighted by Crippen LogP contribution is -2.12. The Morgan fingerprint density at radius 3 is 3.00 bits per heavy atom. The Balaban J connectivity index is 1.89. The van der Waals surface area contributed by atoms with Crippen LogP contribution in [0.4, 0.5) is 10.9 Å². The number of benzene rings is 1. The summed E-state index contributed by atoms with van der Waals surface area (Å²) in [5, 5.41) is 3.16. The van der Waals surface area contributed by atoms with Crippen LogP contribution in [0.3, 0.4) is 0 Å². The highest BCUT2D eigenvalue weighted by Crippen LogP contribution is 2.24. The van der Waals surface area contributed by atoms with Crippen molar-refractivity contribution in [2.24, 2.45) is 0 Å². The van der Waals surface area contributed by atoms with E-state index in [0.717, 1.165) is 10.2 Å². The molecule has 0 saturated heterocycles. The molecule has 0 saturated carbocycles. The van der Waals surface area contributed by atoms with Gasteiger partial charge in [0.2, 0.25) is 0 Å². The zero-order valence-corrected chi connectivity index (χ0v) is 10.5. The first kappa shape index (κ1) is 11.5. The van der Waals surface area contributed by atoms with Crippen molar-refractivity contribution in [3.05, 3.63) is 42.4 Å². The van der Waals surface area contributed by atoms with Gasteiger partial charge in [-0.15, -0.1) is 0 Å². The van der Waals surface area contributed by atoms with Gasteiger partial charge in [0.25, 0.3) is 5.91 Å². The number of carbonyl (C=O) groups excluding carboxylic acids is 1. The molecule has 0 fully saturated rings. The van der Waals surface area contributed by atoms with Crippen molar-refractivity contribution < 1.29 is 4.79 Å². The van der Waals surface area contributed by atoms with Crippen molar-refractivity contribution in [2.45, 2.75) is 0 Å². The molecule has 3 aromatic rings. The predicted octanol–water partition coefficient (Wildman–Crippen LogP) is 1.92. The van der Waals surface area contributed by atoms with Crippen molar-refractivity contribution in [2.75, 3.05) is 11.1 Å². The lowest BCUT2D eigenvalue weighted by molar-refractivity contribution is 0.102. The van der Waals surface area contributed by atoms with E-state index in [0.29, 0.717) is 16.5 Å². The van der Waals surface area contributed by atoms with Crippen LogP contribution in [-0.2, 0) is 0 Å². The molecule has 2 aromatic heterocycles. The molecule has 0 aliphatic rings. The first-order valence-corrected chi connectivity index (χ1v) is 6.27. The SMILES string of the molecule is Nc1nc2ccc(C(=O)Nc3cnccn3)cc2s1. The van der Waals surface area contributed by atoms with E-state index in [-0.39, 0.29) is 5.91 Å². The third kappa shape index (κ3) is 2.36. The van der Waals surface area contributed by atoms with E-state index < -0.39 is 0 Å². The highest BCUT2D eigenvalue weighted by Gasteiger charge is 2.09. The summed E-state index contributed by atoms with van der Waals surface area (Å²) in [6.07, 6.45) is 4.55. The number of nitrogens with one attached hydrogen (secondary N) is 1. The standard InChI is InChI=1S/C12H9N5OS/c13-12-16-8-2-1-7(5-9(8)19-12)11(18)17-10-6-14-3-4-15-10/h1-6H,(H2,13,16)(H,15,17,18). The zero-order valence-electron chi connectivity index (χ0n) is 9.70. The maximum atomic E-state index is 12.0. The number of nitrogens with two attached hydrogens (primary N) is 1. The number of fused-ring (bicyclic) bond motifs is 1. The number of hydrogen-bond acceptors (Lipinski definition) is 6. The fourth-order valence-corrected chi connectivity index (χ4v) is 2.41. The predicted molar refractivity (Wildman–Crippen MR) is 74.0 cm³/mol. The number of nitrogen functional groups attached to an aromatic ring is 1. The molecule has 7 heteroatoms. The zero-order chi connectivity index (χ0) is 13.2. The summed E-state index contributed by atoms with van der Waals surface area (Å²) in [4.78, 5) is 24.0. The number of carbonyl (C=O) groups is 1. The normalized spacial score (nSPS) is 10.5. The summed E-state index contributed by atoms with van der Waals surface area (Å²) in [5.41, 5.74) is 6.95. The van der Waals surface area contributed by atoms with Crippen molar-refractivity contribution in [1.82, 2.24) is 15.0 Å². The number of anilines is 2. The molecule has 1 amide bonds. The van der Waals surface area contributed by atoms with E-state index >= 15 is 0 Å². The quantitative estimate of drug-likeness (QED) is 0.742. The molecule has 6 nitrogen and oxygen atoms in total. The van der Waals surface area contributed by atoms with Gasteiger partial charge < -0.3 is 11.1 Å². The highest BCUT2D eigenvalue weighted by molar-refractivity contribution is 7.22. The van der Waals surface area contributed by atoms with Gasteiger partial charge in [-0.25, -0.2) is 9.97 Å². The maximum absolute atomic E-state index is 12.0. The largest absolute Gasteiger partial charge is 0.375 e. The number of rotatable bonds is 2.